The molecular weight excluding hydrogens is 384 g/mol. The third-order valence-electron chi connectivity index (χ3n) is 5.74. The van der Waals surface area contributed by atoms with Crippen LogP contribution < -0.4 is 5.32 Å². The molecule has 0 radical (unpaired) electrons. The maximum absolute atomic E-state index is 12.7. The Morgan fingerprint density at radius 2 is 1.77 bits per heavy atom. The minimum Gasteiger partial charge on any atom is -0.319 e. The van der Waals surface area contributed by atoms with Gasteiger partial charge in [0.2, 0.25) is 0 Å². The van der Waals surface area contributed by atoms with Gasteiger partial charge in [0.1, 0.15) is 5.69 Å². The number of para-hydroxylation sites is 1. The van der Waals surface area contributed by atoms with Crippen LogP contribution in [-0.2, 0) is 6.54 Å². The summed E-state index contributed by atoms with van der Waals surface area (Å²) in [5.41, 5.74) is 5.32. The second-order valence-corrected chi connectivity index (χ2v) is 7.95. The first-order valence-electron chi connectivity index (χ1n) is 10.7. The second kappa shape index (κ2) is 8.66. The van der Waals surface area contributed by atoms with Crippen LogP contribution in [0.25, 0.3) is 22.0 Å². The van der Waals surface area contributed by atoms with E-state index in [0.29, 0.717) is 11.4 Å². The number of amides is 1. The first-order valence-corrected chi connectivity index (χ1v) is 10.7. The lowest BCUT2D eigenvalue weighted by Crippen LogP contribution is -2.18. The summed E-state index contributed by atoms with van der Waals surface area (Å²) < 4.78 is 0. The fourth-order valence-electron chi connectivity index (χ4n) is 4.13. The van der Waals surface area contributed by atoms with Crippen LogP contribution in [0.1, 0.15) is 28.9 Å². The van der Waals surface area contributed by atoms with Crippen LogP contribution in [0.4, 0.5) is 5.69 Å². The molecule has 3 heterocycles. The van der Waals surface area contributed by atoms with Crippen molar-refractivity contribution in [1.82, 2.24) is 14.9 Å². The molecule has 1 aliphatic rings. The molecule has 5 nitrogen and oxygen atoms in total. The van der Waals surface area contributed by atoms with E-state index < -0.39 is 0 Å². The van der Waals surface area contributed by atoms with Crippen molar-refractivity contribution in [3.05, 3.63) is 90.4 Å². The first kappa shape index (κ1) is 19.4. The van der Waals surface area contributed by atoms with E-state index in [4.69, 9.17) is 4.98 Å². The number of pyridine rings is 2. The topological polar surface area (TPSA) is 58.1 Å². The summed E-state index contributed by atoms with van der Waals surface area (Å²) in [5, 5.41) is 3.87. The molecule has 1 amide bonds. The smallest absolute Gasteiger partial charge is 0.274 e. The normalized spacial score (nSPS) is 14.1. The molecule has 1 aliphatic heterocycles. The quantitative estimate of drug-likeness (QED) is 0.496. The van der Waals surface area contributed by atoms with Crippen molar-refractivity contribution in [3.63, 3.8) is 0 Å². The fraction of sp³-hybridized carbons (Fsp3) is 0.192. The highest BCUT2D eigenvalue weighted by Crippen LogP contribution is 2.28. The van der Waals surface area contributed by atoms with Crippen molar-refractivity contribution < 1.29 is 4.79 Å². The van der Waals surface area contributed by atoms with Gasteiger partial charge in [-0.2, -0.15) is 0 Å². The minimum absolute atomic E-state index is 0.245. The van der Waals surface area contributed by atoms with Crippen molar-refractivity contribution in [2.45, 2.75) is 19.4 Å². The van der Waals surface area contributed by atoms with Gasteiger partial charge in [-0.25, -0.2) is 4.98 Å². The molecule has 1 fully saturated rings. The van der Waals surface area contributed by atoms with E-state index in [-0.39, 0.29) is 5.91 Å². The van der Waals surface area contributed by atoms with E-state index in [1.54, 1.807) is 30.6 Å². The Hall–Kier alpha value is -3.57. The molecule has 1 saturated heterocycles. The zero-order chi connectivity index (χ0) is 21.0. The summed E-state index contributed by atoms with van der Waals surface area (Å²) in [4.78, 5) is 24.0. The SMILES string of the molecule is O=C(Nc1cccnc1)c1ccc2cccc(-c3ccc(CN4CCCC4)cc3)c2n1. The molecule has 154 valence electrons. The van der Waals surface area contributed by atoms with Gasteiger partial charge in [0.15, 0.2) is 0 Å². The number of fused-ring (bicyclic) bond motifs is 1. The fourth-order valence-corrected chi connectivity index (χ4v) is 4.13. The van der Waals surface area contributed by atoms with Gasteiger partial charge in [-0.1, -0.05) is 48.5 Å². The lowest BCUT2D eigenvalue weighted by Gasteiger charge is -2.15. The standard InChI is InChI=1S/C26H24N4O/c31-26(28-22-6-4-14-27-17-22)24-13-12-21-5-3-7-23(25(21)29-24)20-10-8-19(9-11-20)18-30-15-1-2-16-30/h3-14,17H,1-2,15-16,18H2,(H,28,31). The van der Waals surface area contributed by atoms with Crippen LogP contribution in [0.5, 0.6) is 0 Å². The molecular formula is C26H24N4O. The summed E-state index contributed by atoms with van der Waals surface area (Å²) in [5.74, 6) is -0.245. The second-order valence-electron chi connectivity index (χ2n) is 7.95. The van der Waals surface area contributed by atoms with E-state index in [2.05, 4.69) is 45.5 Å². The molecule has 1 N–H and O–H groups in total. The van der Waals surface area contributed by atoms with Crippen LogP contribution in [-0.4, -0.2) is 33.9 Å². The number of carbonyl (C=O) groups excluding carboxylic acids is 1. The summed E-state index contributed by atoms with van der Waals surface area (Å²) in [6.07, 6.45) is 5.90. The zero-order valence-electron chi connectivity index (χ0n) is 17.3. The molecule has 0 aliphatic carbocycles. The number of anilines is 1. The summed E-state index contributed by atoms with van der Waals surface area (Å²) in [7, 11) is 0. The van der Waals surface area contributed by atoms with Crippen LogP contribution in [0.15, 0.2) is 79.1 Å². The molecule has 5 heteroatoms. The van der Waals surface area contributed by atoms with E-state index in [1.807, 2.05) is 18.2 Å². The monoisotopic (exact) mass is 408 g/mol. The van der Waals surface area contributed by atoms with Crippen LogP contribution in [0.3, 0.4) is 0 Å². The molecule has 0 bridgehead atoms. The molecule has 31 heavy (non-hydrogen) atoms. The minimum atomic E-state index is -0.245. The molecule has 5 rings (SSSR count). The van der Waals surface area contributed by atoms with Gasteiger partial charge in [-0.05, 0) is 55.3 Å². The van der Waals surface area contributed by atoms with Gasteiger partial charge >= 0.3 is 0 Å². The predicted octanol–water partition coefficient (Wildman–Crippen LogP) is 5.14. The number of hydrogen-bond acceptors (Lipinski definition) is 4. The Morgan fingerprint density at radius 3 is 2.55 bits per heavy atom. The highest BCUT2D eigenvalue weighted by molar-refractivity contribution is 6.05. The molecule has 2 aromatic heterocycles. The molecule has 0 unspecified atom stereocenters. The average molecular weight is 409 g/mol. The zero-order valence-corrected chi connectivity index (χ0v) is 17.3. The van der Waals surface area contributed by atoms with Gasteiger partial charge in [0, 0.05) is 23.7 Å². The average Bonchev–Trinajstić information content (AvgIpc) is 3.33. The third kappa shape index (κ3) is 4.32. The third-order valence-corrected chi connectivity index (χ3v) is 5.74. The van der Waals surface area contributed by atoms with Crippen molar-refractivity contribution in [1.29, 1.82) is 0 Å². The molecule has 0 spiro atoms. The molecule has 2 aromatic carbocycles. The molecule has 0 saturated carbocycles. The van der Waals surface area contributed by atoms with Crippen molar-refractivity contribution in [3.8, 4) is 11.1 Å². The summed E-state index contributed by atoms with van der Waals surface area (Å²) in [6.45, 7) is 3.39. The van der Waals surface area contributed by atoms with Crippen LogP contribution in [0, 0.1) is 0 Å². The Kier molecular flexibility index (Phi) is 5.42. The van der Waals surface area contributed by atoms with E-state index >= 15 is 0 Å². The van der Waals surface area contributed by atoms with E-state index in [0.717, 1.165) is 28.6 Å². The van der Waals surface area contributed by atoms with Crippen molar-refractivity contribution in [2.75, 3.05) is 18.4 Å². The number of carbonyl (C=O) groups is 1. The highest BCUT2D eigenvalue weighted by Gasteiger charge is 2.13. The Labute approximate surface area is 181 Å². The Bertz CT molecular complexity index is 1200. The first-order chi connectivity index (χ1) is 15.3. The van der Waals surface area contributed by atoms with Gasteiger partial charge in [-0.15, -0.1) is 0 Å². The number of aromatic nitrogens is 2. The van der Waals surface area contributed by atoms with Gasteiger partial charge < -0.3 is 5.32 Å². The van der Waals surface area contributed by atoms with Gasteiger partial charge in [0.25, 0.3) is 5.91 Å². The highest BCUT2D eigenvalue weighted by atomic mass is 16.1. The van der Waals surface area contributed by atoms with Crippen LogP contribution in [0.2, 0.25) is 0 Å². The maximum atomic E-state index is 12.7. The Balaban J connectivity index is 1.43. The lowest BCUT2D eigenvalue weighted by atomic mass is 10.0. The van der Waals surface area contributed by atoms with Gasteiger partial charge in [0.05, 0.1) is 17.4 Å². The lowest BCUT2D eigenvalue weighted by molar-refractivity contribution is 0.102. The number of rotatable bonds is 5. The predicted molar refractivity (Wildman–Crippen MR) is 124 cm³/mol. The van der Waals surface area contributed by atoms with Crippen molar-refractivity contribution in [2.24, 2.45) is 0 Å². The molecule has 0 atom stereocenters. The largest absolute Gasteiger partial charge is 0.319 e. The van der Waals surface area contributed by atoms with Crippen molar-refractivity contribution >= 4 is 22.5 Å². The maximum Gasteiger partial charge on any atom is 0.274 e. The number of benzene rings is 2. The Morgan fingerprint density at radius 1 is 0.935 bits per heavy atom. The number of nitrogens with one attached hydrogen (secondary N) is 1. The molecule has 4 aromatic rings. The number of likely N-dealkylation sites (tertiary alicyclic amines) is 1. The summed E-state index contributed by atoms with van der Waals surface area (Å²) >= 11 is 0. The number of nitrogens with zero attached hydrogens (tertiary/aromatic N) is 3. The van der Waals surface area contributed by atoms with E-state index in [1.165, 1.54) is 31.5 Å². The summed E-state index contributed by atoms with van der Waals surface area (Å²) in [6, 6.07) is 22.1. The number of hydrogen-bond donors (Lipinski definition) is 1. The van der Waals surface area contributed by atoms with Gasteiger partial charge in [-0.3, -0.25) is 14.7 Å². The van der Waals surface area contributed by atoms with E-state index in [9.17, 15) is 4.79 Å². The van der Waals surface area contributed by atoms with Crippen LogP contribution >= 0.6 is 0 Å².